The number of hydrogen-bond acceptors (Lipinski definition) is 5. The van der Waals surface area contributed by atoms with Crippen LogP contribution in [0.15, 0.2) is 54.6 Å². The van der Waals surface area contributed by atoms with E-state index in [2.05, 4.69) is 10.6 Å². The minimum Gasteiger partial charge on any atom is -0.388 e. The van der Waals surface area contributed by atoms with E-state index in [1.807, 2.05) is 49.3 Å². The molecule has 0 aliphatic carbocycles. The minimum atomic E-state index is -0.730. The highest BCUT2D eigenvalue weighted by Crippen LogP contribution is 2.22. The fourth-order valence-electron chi connectivity index (χ4n) is 2.76. The van der Waals surface area contributed by atoms with Gasteiger partial charge in [-0.15, -0.1) is 0 Å². The van der Waals surface area contributed by atoms with Crippen LogP contribution in [0.5, 0.6) is 0 Å². The Hall–Kier alpha value is -2.97. The number of rotatable bonds is 8. The Morgan fingerprint density at radius 2 is 1.89 bits per heavy atom. The fraction of sp³-hybridized carbons (Fsp3) is 0.316. The summed E-state index contributed by atoms with van der Waals surface area (Å²) in [6.07, 6.45) is -0.730. The number of benzene rings is 2. The molecular weight excluding hydrogens is 348 g/mol. The van der Waals surface area contributed by atoms with Gasteiger partial charge in [0.2, 0.25) is 0 Å². The molecule has 0 radical (unpaired) electrons. The van der Waals surface area contributed by atoms with Crippen LogP contribution in [0.1, 0.15) is 11.7 Å². The number of nitrogens with zero attached hydrogens (tertiary/aromatic N) is 2. The maximum absolute atomic E-state index is 12.2. The predicted octanol–water partition coefficient (Wildman–Crippen LogP) is 2.63. The number of anilines is 1. The highest BCUT2D eigenvalue weighted by molar-refractivity contribution is 5.89. The smallest absolute Gasteiger partial charge is 0.319 e. The molecule has 0 aliphatic heterocycles. The SMILES string of the molecule is CN(C)C[C@H](CNC(=O)Nc1cccc([N+](=O)[O-])c1)[C@H](O)c1ccccc1. The lowest BCUT2D eigenvalue weighted by Crippen LogP contribution is -2.39. The number of aliphatic hydroxyl groups is 1. The zero-order valence-electron chi connectivity index (χ0n) is 15.3. The average Bonchev–Trinajstić information content (AvgIpc) is 2.65. The molecule has 2 aromatic carbocycles. The second-order valence-electron chi connectivity index (χ2n) is 6.52. The van der Waals surface area contributed by atoms with Crippen molar-refractivity contribution in [1.29, 1.82) is 0 Å². The van der Waals surface area contributed by atoms with E-state index in [0.29, 0.717) is 12.2 Å². The second-order valence-corrected chi connectivity index (χ2v) is 6.52. The number of hydrogen-bond donors (Lipinski definition) is 3. The molecule has 2 amide bonds. The minimum absolute atomic E-state index is 0.0993. The summed E-state index contributed by atoms with van der Waals surface area (Å²) in [4.78, 5) is 24.4. The summed E-state index contributed by atoms with van der Waals surface area (Å²) in [5.41, 5.74) is 1.01. The third kappa shape index (κ3) is 6.36. The Kier molecular flexibility index (Phi) is 7.27. The van der Waals surface area contributed by atoms with Crippen LogP contribution in [0.4, 0.5) is 16.2 Å². The second kappa shape index (κ2) is 9.65. The summed E-state index contributed by atoms with van der Waals surface area (Å²) < 4.78 is 0. The fourth-order valence-corrected chi connectivity index (χ4v) is 2.76. The van der Waals surface area contributed by atoms with Crippen molar-refractivity contribution in [3.05, 3.63) is 70.3 Å². The van der Waals surface area contributed by atoms with Gasteiger partial charge < -0.3 is 20.6 Å². The van der Waals surface area contributed by atoms with Gasteiger partial charge in [-0.1, -0.05) is 36.4 Å². The van der Waals surface area contributed by atoms with Gasteiger partial charge >= 0.3 is 6.03 Å². The van der Waals surface area contributed by atoms with Crippen molar-refractivity contribution >= 4 is 17.4 Å². The number of non-ortho nitro benzene ring substituents is 1. The number of urea groups is 1. The molecule has 2 rings (SSSR count). The number of carbonyl (C=O) groups is 1. The molecule has 0 spiro atoms. The summed E-state index contributed by atoms with van der Waals surface area (Å²) in [6.45, 7) is 0.822. The topological polar surface area (TPSA) is 108 Å². The number of aliphatic hydroxyl groups excluding tert-OH is 1. The van der Waals surface area contributed by atoms with E-state index in [1.165, 1.54) is 18.2 Å². The number of nitro groups is 1. The molecule has 8 heteroatoms. The lowest BCUT2D eigenvalue weighted by Gasteiger charge is -2.26. The van der Waals surface area contributed by atoms with Crippen molar-refractivity contribution in [2.45, 2.75) is 6.10 Å². The third-order valence-corrected chi connectivity index (χ3v) is 4.03. The molecule has 2 atom stereocenters. The van der Waals surface area contributed by atoms with Crippen LogP contribution in [-0.2, 0) is 0 Å². The van der Waals surface area contributed by atoms with Crippen LogP contribution >= 0.6 is 0 Å². The molecule has 0 saturated heterocycles. The Morgan fingerprint density at radius 3 is 2.52 bits per heavy atom. The van der Waals surface area contributed by atoms with E-state index in [4.69, 9.17) is 0 Å². The van der Waals surface area contributed by atoms with Crippen molar-refractivity contribution in [2.24, 2.45) is 5.92 Å². The number of carbonyl (C=O) groups excluding carboxylic acids is 1. The van der Waals surface area contributed by atoms with E-state index in [0.717, 1.165) is 5.56 Å². The van der Waals surface area contributed by atoms with Crippen molar-refractivity contribution < 1.29 is 14.8 Å². The summed E-state index contributed by atoms with van der Waals surface area (Å²) in [7, 11) is 3.79. The lowest BCUT2D eigenvalue weighted by atomic mass is 9.95. The van der Waals surface area contributed by atoms with Gasteiger partial charge in [0.05, 0.1) is 11.0 Å². The van der Waals surface area contributed by atoms with Crippen molar-refractivity contribution in [2.75, 3.05) is 32.5 Å². The first kappa shape index (κ1) is 20.3. The Balaban J connectivity index is 1.98. The summed E-state index contributed by atoms with van der Waals surface area (Å²) in [5, 5.41) is 26.8. The molecule has 3 N–H and O–H groups in total. The summed E-state index contributed by atoms with van der Waals surface area (Å²) in [5.74, 6) is -0.224. The molecule has 144 valence electrons. The molecule has 2 aromatic rings. The normalized spacial score (nSPS) is 13.0. The summed E-state index contributed by atoms with van der Waals surface area (Å²) >= 11 is 0. The van der Waals surface area contributed by atoms with Gasteiger partial charge in [-0.25, -0.2) is 4.79 Å². The molecule has 0 aromatic heterocycles. The molecule has 0 heterocycles. The largest absolute Gasteiger partial charge is 0.388 e. The first-order valence-corrected chi connectivity index (χ1v) is 8.54. The maximum atomic E-state index is 12.2. The standard InChI is InChI=1S/C19H24N4O4/c1-22(2)13-15(18(24)14-7-4-3-5-8-14)12-20-19(25)21-16-9-6-10-17(11-16)23(26)27/h3-11,15,18,24H,12-13H2,1-2H3,(H2,20,21,25)/t15-,18+/m0/s1. The maximum Gasteiger partial charge on any atom is 0.319 e. The number of nitrogens with one attached hydrogen (secondary N) is 2. The van der Waals surface area contributed by atoms with Gasteiger partial charge in [0.1, 0.15) is 0 Å². The van der Waals surface area contributed by atoms with Crippen LogP contribution in [0.2, 0.25) is 0 Å². The predicted molar refractivity (Wildman–Crippen MR) is 104 cm³/mol. The van der Waals surface area contributed by atoms with E-state index in [9.17, 15) is 20.0 Å². The Labute approximate surface area is 158 Å². The highest BCUT2D eigenvalue weighted by atomic mass is 16.6. The van der Waals surface area contributed by atoms with Crippen LogP contribution < -0.4 is 10.6 Å². The van der Waals surface area contributed by atoms with E-state index in [-0.39, 0.29) is 18.2 Å². The third-order valence-electron chi connectivity index (χ3n) is 4.03. The van der Waals surface area contributed by atoms with Gasteiger partial charge in [-0.3, -0.25) is 10.1 Å². The van der Waals surface area contributed by atoms with Crippen LogP contribution in [0, 0.1) is 16.0 Å². The Bertz CT molecular complexity index is 767. The lowest BCUT2D eigenvalue weighted by molar-refractivity contribution is -0.384. The van der Waals surface area contributed by atoms with E-state index < -0.39 is 17.1 Å². The van der Waals surface area contributed by atoms with Gasteiger partial charge in [0.25, 0.3) is 5.69 Å². The van der Waals surface area contributed by atoms with Crippen LogP contribution in [0.3, 0.4) is 0 Å². The van der Waals surface area contributed by atoms with Crippen LogP contribution in [0.25, 0.3) is 0 Å². The van der Waals surface area contributed by atoms with Gasteiger partial charge in [0, 0.05) is 36.8 Å². The molecule has 0 saturated carbocycles. The molecule has 27 heavy (non-hydrogen) atoms. The zero-order chi connectivity index (χ0) is 19.8. The van der Waals surface area contributed by atoms with E-state index in [1.54, 1.807) is 6.07 Å². The highest BCUT2D eigenvalue weighted by Gasteiger charge is 2.22. The Morgan fingerprint density at radius 1 is 1.19 bits per heavy atom. The number of amides is 2. The van der Waals surface area contributed by atoms with Crippen molar-refractivity contribution in [1.82, 2.24) is 10.2 Å². The molecule has 8 nitrogen and oxygen atoms in total. The average molecular weight is 372 g/mol. The number of nitro benzene ring substituents is 1. The first-order valence-electron chi connectivity index (χ1n) is 8.54. The van der Waals surface area contributed by atoms with Crippen molar-refractivity contribution in [3.8, 4) is 0 Å². The van der Waals surface area contributed by atoms with E-state index >= 15 is 0 Å². The van der Waals surface area contributed by atoms with Gasteiger partial charge in [0.15, 0.2) is 0 Å². The molecule has 0 unspecified atom stereocenters. The molecular formula is C19H24N4O4. The molecule has 0 aliphatic rings. The quantitative estimate of drug-likeness (QED) is 0.488. The van der Waals surface area contributed by atoms with Crippen molar-refractivity contribution in [3.63, 3.8) is 0 Å². The van der Waals surface area contributed by atoms with Crippen LogP contribution in [-0.4, -0.2) is 48.1 Å². The monoisotopic (exact) mass is 372 g/mol. The van der Waals surface area contributed by atoms with Gasteiger partial charge in [-0.2, -0.15) is 0 Å². The molecule has 0 fully saturated rings. The zero-order valence-corrected chi connectivity index (χ0v) is 15.3. The summed E-state index contributed by atoms with van der Waals surface area (Å²) in [6, 6.07) is 14.5. The first-order chi connectivity index (χ1) is 12.9. The molecule has 0 bridgehead atoms. The van der Waals surface area contributed by atoms with Gasteiger partial charge in [-0.05, 0) is 25.7 Å².